The molecule has 236 valence electrons. The minimum absolute atomic E-state index is 0.112. The maximum absolute atomic E-state index is 13.4. The van der Waals surface area contributed by atoms with Crippen LogP contribution in [0.5, 0.6) is 11.5 Å². The van der Waals surface area contributed by atoms with E-state index in [-0.39, 0.29) is 23.6 Å². The number of nitrogens with zero attached hydrogens (tertiary/aromatic N) is 4. The van der Waals surface area contributed by atoms with Crippen LogP contribution in [0, 0.1) is 46.4 Å². The Kier molecular flexibility index (Phi) is 10.6. The zero-order valence-corrected chi connectivity index (χ0v) is 23.9. The number of ether oxygens (including phenoxy) is 2. The fraction of sp³-hybridized carbons (Fsp3) is 0.259. The van der Waals surface area contributed by atoms with Crippen LogP contribution in [0.25, 0.3) is 0 Å². The summed E-state index contributed by atoms with van der Waals surface area (Å²) >= 11 is 0. The van der Waals surface area contributed by atoms with Gasteiger partial charge in [0, 0.05) is 18.6 Å². The molecule has 0 radical (unpaired) electrons. The number of nitrogens with one attached hydrogen (secondary N) is 2. The van der Waals surface area contributed by atoms with Crippen molar-refractivity contribution in [1.82, 2.24) is 5.32 Å². The standard InChI is InChI=1S/C27H26N6O12/c1-15(2)25(27(35)44-3)29-26(34)21(28-20-10-6-17(30(36)37)13-22(20)32(40)41)12-16-4-8-19(9-5-16)45-24-11-7-18(31(38)39)14-23(24)33(42)43/h4-11,13-15,21,25,28H,12H2,1-3H3,(H,29,34). The van der Waals surface area contributed by atoms with Gasteiger partial charge in [0.05, 0.1) is 38.9 Å². The highest BCUT2D eigenvalue weighted by atomic mass is 16.6. The molecule has 1 amide bonds. The monoisotopic (exact) mass is 626 g/mol. The Labute approximate surface area is 253 Å². The molecule has 45 heavy (non-hydrogen) atoms. The van der Waals surface area contributed by atoms with Crippen molar-refractivity contribution >= 4 is 40.3 Å². The van der Waals surface area contributed by atoms with Crippen molar-refractivity contribution in [3.8, 4) is 11.5 Å². The third-order valence-electron chi connectivity index (χ3n) is 6.40. The highest BCUT2D eigenvalue weighted by Gasteiger charge is 2.31. The molecule has 0 fully saturated rings. The van der Waals surface area contributed by atoms with E-state index in [1.165, 1.54) is 24.3 Å². The first-order valence-corrected chi connectivity index (χ1v) is 13.0. The van der Waals surface area contributed by atoms with Gasteiger partial charge in [-0.3, -0.25) is 45.3 Å². The molecular formula is C27H26N6O12. The summed E-state index contributed by atoms with van der Waals surface area (Å²) in [5.41, 5.74) is -2.07. The number of hydrogen-bond donors (Lipinski definition) is 2. The average molecular weight is 627 g/mol. The molecule has 2 N–H and O–H groups in total. The molecule has 3 aromatic carbocycles. The predicted molar refractivity (Wildman–Crippen MR) is 156 cm³/mol. The summed E-state index contributed by atoms with van der Waals surface area (Å²) in [4.78, 5) is 67.7. The fourth-order valence-electron chi connectivity index (χ4n) is 4.09. The summed E-state index contributed by atoms with van der Waals surface area (Å²) in [6.07, 6.45) is -0.121. The maximum atomic E-state index is 13.4. The van der Waals surface area contributed by atoms with E-state index in [4.69, 9.17) is 9.47 Å². The Hall–Kier alpha value is -6.20. The number of hydrogen-bond acceptors (Lipinski definition) is 13. The SMILES string of the molecule is COC(=O)C(NC(=O)C(Cc1ccc(Oc2ccc([N+](=O)[O-])cc2[N+](=O)[O-])cc1)Nc1ccc([N+](=O)[O-])cc1[N+](=O)[O-])C(C)C. The van der Waals surface area contributed by atoms with Crippen LogP contribution in [0.3, 0.4) is 0 Å². The molecule has 18 heteroatoms. The molecule has 2 unspecified atom stereocenters. The predicted octanol–water partition coefficient (Wildman–Crippen LogP) is 4.45. The van der Waals surface area contributed by atoms with Crippen molar-refractivity contribution < 1.29 is 38.8 Å². The minimum atomic E-state index is -1.25. The number of benzene rings is 3. The summed E-state index contributed by atoms with van der Waals surface area (Å²) < 4.78 is 10.3. The van der Waals surface area contributed by atoms with Crippen LogP contribution < -0.4 is 15.4 Å². The quantitative estimate of drug-likeness (QED) is 0.143. The normalized spacial score (nSPS) is 12.0. The summed E-state index contributed by atoms with van der Waals surface area (Å²) in [6.45, 7) is 3.33. The molecule has 0 aliphatic carbocycles. The highest BCUT2D eigenvalue weighted by molar-refractivity contribution is 5.90. The molecule has 0 aliphatic rings. The van der Waals surface area contributed by atoms with E-state index in [0.29, 0.717) is 5.56 Å². The molecule has 0 aliphatic heterocycles. The van der Waals surface area contributed by atoms with Gasteiger partial charge >= 0.3 is 11.7 Å². The number of rotatable bonds is 14. The van der Waals surface area contributed by atoms with Gasteiger partial charge in [0.2, 0.25) is 11.7 Å². The zero-order chi connectivity index (χ0) is 33.4. The average Bonchev–Trinajstić information content (AvgIpc) is 2.99. The highest BCUT2D eigenvalue weighted by Crippen LogP contribution is 2.35. The van der Waals surface area contributed by atoms with Gasteiger partial charge in [-0.05, 0) is 35.7 Å². The Morgan fingerprint density at radius 1 is 0.778 bits per heavy atom. The van der Waals surface area contributed by atoms with E-state index < -0.39 is 72.3 Å². The molecule has 3 aromatic rings. The minimum Gasteiger partial charge on any atom is -0.467 e. The molecule has 18 nitrogen and oxygen atoms in total. The lowest BCUT2D eigenvalue weighted by Crippen LogP contribution is -2.51. The van der Waals surface area contributed by atoms with Crippen molar-refractivity contribution in [3.63, 3.8) is 0 Å². The third kappa shape index (κ3) is 8.43. The number of carbonyl (C=O) groups is 2. The van der Waals surface area contributed by atoms with Crippen molar-refractivity contribution in [3.05, 3.63) is 107 Å². The Balaban J connectivity index is 1.93. The third-order valence-corrected chi connectivity index (χ3v) is 6.40. The second-order valence-electron chi connectivity index (χ2n) is 9.78. The van der Waals surface area contributed by atoms with Crippen molar-refractivity contribution in [1.29, 1.82) is 0 Å². The molecular weight excluding hydrogens is 600 g/mol. The summed E-state index contributed by atoms with van der Waals surface area (Å²) in [6, 6.07) is 9.25. The number of carbonyl (C=O) groups excluding carboxylic acids is 2. The fourth-order valence-corrected chi connectivity index (χ4v) is 4.09. The van der Waals surface area contributed by atoms with E-state index in [0.717, 1.165) is 43.5 Å². The number of non-ortho nitro benzene ring substituents is 2. The van der Waals surface area contributed by atoms with E-state index >= 15 is 0 Å². The first-order chi connectivity index (χ1) is 21.2. The van der Waals surface area contributed by atoms with Crippen LogP contribution in [-0.4, -0.2) is 50.8 Å². The molecule has 2 atom stereocenters. The van der Waals surface area contributed by atoms with Gasteiger partial charge < -0.3 is 20.1 Å². The van der Waals surface area contributed by atoms with Crippen LogP contribution in [0.15, 0.2) is 60.7 Å². The lowest BCUT2D eigenvalue weighted by molar-refractivity contribution is -0.394. The van der Waals surface area contributed by atoms with Gasteiger partial charge in [-0.15, -0.1) is 0 Å². The van der Waals surface area contributed by atoms with Crippen molar-refractivity contribution in [2.45, 2.75) is 32.4 Å². The van der Waals surface area contributed by atoms with Crippen LogP contribution in [-0.2, 0) is 20.7 Å². The van der Waals surface area contributed by atoms with Gasteiger partial charge in [-0.25, -0.2) is 4.79 Å². The Bertz CT molecular complexity index is 1640. The largest absolute Gasteiger partial charge is 0.467 e. The van der Waals surface area contributed by atoms with Crippen LogP contribution in [0.2, 0.25) is 0 Å². The maximum Gasteiger partial charge on any atom is 0.328 e. The molecule has 3 rings (SSSR count). The molecule has 0 heterocycles. The number of methoxy groups -OCH3 is 1. The van der Waals surface area contributed by atoms with Crippen LogP contribution in [0.1, 0.15) is 19.4 Å². The molecule has 0 saturated carbocycles. The second-order valence-corrected chi connectivity index (χ2v) is 9.78. The first-order valence-electron chi connectivity index (χ1n) is 13.0. The number of anilines is 1. The van der Waals surface area contributed by atoms with Gasteiger partial charge in [0.1, 0.15) is 23.5 Å². The van der Waals surface area contributed by atoms with E-state index in [1.54, 1.807) is 13.8 Å². The molecule has 0 spiro atoms. The topological polar surface area (TPSA) is 249 Å². The zero-order valence-electron chi connectivity index (χ0n) is 23.9. The van der Waals surface area contributed by atoms with Crippen molar-refractivity contribution in [2.75, 3.05) is 12.4 Å². The van der Waals surface area contributed by atoms with Crippen molar-refractivity contribution in [2.24, 2.45) is 5.92 Å². The summed E-state index contributed by atoms with van der Waals surface area (Å²) in [5, 5.41) is 50.6. The van der Waals surface area contributed by atoms with Crippen LogP contribution in [0.4, 0.5) is 28.4 Å². The summed E-state index contributed by atoms with van der Waals surface area (Å²) in [5.74, 6) is -2.00. The van der Waals surface area contributed by atoms with Gasteiger partial charge in [-0.2, -0.15) is 0 Å². The van der Waals surface area contributed by atoms with Gasteiger partial charge in [0.25, 0.3) is 17.1 Å². The second kappa shape index (κ2) is 14.3. The first kappa shape index (κ1) is 33.3. The Morgan fingerprint density at radius 3 is 1.84 bits per heavy atom. The number of nitro groups is 4. The lowest BCUT2D eigenvalue weighted by atomic mass is 10.0. The van der Waals surface area contributed by atoms with E-state index in [9.17, 15) is 50.0 Å². The number of nitro benzene ring substituents is 4. The van der Waals surface area contributed by atoms with Crippen LogP contribution >= 0.6 is 0 Å². The van der Waals surface area contributed by atoms with E-state index in [2.05, 4.69) is 10.6 Å². The smallest absolute Gasteiger partial charge is 0.328 e. The lowest BCUT2D eigenvalue weighted by Gasteiger charge is -2.25. The van der Waals surface area contributed by atoms with Gasteiger partial charge in [0.15, 0.2) is 0 Å². The number of esters is 1. The van der Waals surface area contributed by atoms with Gasteiger partial charge in [-0.1, -0.05) is 26.0 Å². The Morgan fingerprint density at radius 2 is 1.33 bits per heavy atom. The summed E-state index contributed by atoms with van der Waals surface area (Å²) in [7, 11) is 1.15. The molecule has 0 bridgehead atoms. The molecule has 0 aromatic heterocycles. The van der Waals surface area contributed by atoms with E-state index in [1.807, 2.05) is 0 Å². The number of amides is 1. The molecule has 0 saturated heterocycles.